The maximum Gasteiger partial charge on any atom is 0.382 e. The maximum absolute atomic E-state index is 11.1. The van der Waals surface area contributed by atoms with Gasteiger partial charge in [0, 0.05) is 11.6 Å². The second kappa shape index (κ2) is 4.67. The lowest BCUT2D eigenvalue weighted by Crippen LogP contribution is -1.98. The molecule has 92 valence electrons. The molecule has 1 aromatic carbocycles. The third-order valence-corrected chi connectivity index (χ3v) is 2.29. The molecule has 5 nitrogen and oxygen atoms in total. The maximum atomic E-state index is 11.1. The number of phenols is 1. The Morgan fingerprint density at radius 2 is 1.72 bits per heavy atom. The molecular formula is C13H10O5. The Balaban J connectivity index is 2.36. The minimum absolute atomic E-state index is 0.0681. The van der Waals surface area contributed by atoms with Gasteiger partial charge in [-0.05, 0) is 18.2 Å². The first-order chi connectivity index (χ1) is 8.58. The summed E-state index contributed by atoms with van der Waals surface area (Å²) in [5.74, 6) is -1.23. The monoisotopic (exact) mass is 246 g/mol. The number of hydrogen-bond donors (Lipinski definition) is 3. The normalized spacial score (nSPS) is 10.9. The van der Waals surface area contributed by atoms with E-state index in [1.54, 1.807) is 18.2 Å². The molecule has 0 aliphatic rings. The van der Waals surface area contributed by atoms with Crippen molar-refractivity contribution in [2.75, 3.05) is 0 Å². The number of phenolic OH excluding ortho intramolecular Hbond substituents is 1. The summed E-state index contributed by atoms with van der Waals surface area (Å²) in [6.07, 6.45) is 2.92. The van der Waals surface area contributed by atoms with Crippen molar-refractivity contribution in [3.8, 4) is 17.2 Å². The van der Waals surface area contributed by atoms with Gasteiger partial charge in [0.05, 0.1) is 0 Å². The highest BCUT2D eigenvalue weighted by molar-refractivity contribution is 5.70. The van der Waals surface area contributed by atoms with Gasteiger partial charge in [0.15, 0.2) is 5.75 Å². The number of hydrogen-bond acceptors (Lipinski definition) is 5. The van der Waals surface area contributed by atoms with Gasteiger partial charge in [-0.25, -0.2) is 4.79 Å². The topological polar surface area (TPSA) is 90.9 Å². The summed E-state index contributed by atoms with van der Waals surface area (Å²) in [5.41, 5.74) is -0.486. The van der Waals surface area contributed by atoms with Crippen LogP contribution in [-0.2, 0) is 0 Å². The lowest BCUT2D eigenvalue weighted by atomic mass is 10.2. The molecule has 0 radical (unpaired) electrons. The molecule has 0 aliphatic carbocycles. The van der Waals surface area contributed by atoms with E-state index in [9.17, 15) is 15.0 Å². The summed E-state index contributed by atoms with van der Waals surface area (Å²) in [6, 6.07) is 7.71. The van der Waals surface area contributed by atoms with Crippen molar-refractivity contribution < 1.29 is 19.7 Å². The summed E-state index contributed by atoms with van der Waals surface area (Å²) in [4.78, 5) is 11.1. The summed E-state index contributed by atoms with van der Waals surface area (Å²) < 4.78 is 4.72. The number of aromatic hydroxyl groups is 3. The zero-order valence-corrected chi connectivity index (χ0v) is 9.20. The van der Waals surface area contributed by atoms with Crippen LogP contribution in [0.3, 0.4) is 0 Å². The first-order valence-electron chi connectivity index (χ1n) is 5.10. The van der Waals surface area contributed by atoms with Gasteiger partial charge in [-0.3, -0.25) is 0 Å². The number of rotatable bonds is 2. The molecule has 1 heterocycles. The van der Waals surface area contributed by atoms with Crippen LogP contribution >= 0.6 is 0 Å². The van der Waals surface area contributed by atoms with Gasteiger partial charge in [-0.2, -0.15) is 0 Å². The molecule has 18 heavy (non-hydrogen) atoms. The number of para-hydroxylation sites is 1. The zero-order chi connectivity index (χ0) is 13.1. The molecule has 5 heteroatoms. The lowest BCUT2D eigenvalue weighted by molar-refractivity contribution is 0.362. The molecule has 0 bridgehead atoms. The van der Waals surface area contributed by atoms with Gasteiger partial charge in [0.25, 0.3) is 0 Å². The molecule has 0 saturated carbocycles. The van der Waals surface area contributed by atoms with Crippen molar-refractivity contribution in [3.05, 3.63) is 52.1 Å². The van der Waals surface area contributed by atoms with Gasteiger partial charge in [0.2, 0.25) is 5.75 Å². The third-order valence-electron chi connectivity index (χ3n) is 2.29. The van der Waals surface area contributed by atoms with Gasteiger partial charge < -0.3 is 19.7 Å². The third kappa shape index (κ3) is 2.35. The second-order valence-corrected chi connectivity index (χ2v) is 3.56. The molecule has 0 spiro atoms. The summed E-state index contributed by atoms with van der Waals surface area (Å²) in [7, 11) is 0. The van der Waals surface area contributed by atoms with Crippen LogP contribution in [0.25, 0.3) is 12.2 Å². The van der Waals surface area contributed by atoms with Crippen molar-refractivity contribution >= 4 is 12.2 Å². The van der Waals surface area contributed by atoms with E-state index in [-0.39, 0.29) is 11.5 Å². The van der Waals surface area contributed by atoms with Crippen LogP contribution in [0.5, 0.6) is 17.2 Å². The SMILES string of the molecule is O=c1oc(C=Cc2ccccc2O)cc(O)c1O. The molecule has 3 N–H and O–H groups in total. The molecule has 2 aromatic rings. The molecule has 0 unspecified atom stereocenters. The van der Waals surface area contributed by atoms with E-state index in [2.05, 4.69) is 0 Å². The molecule has 0 atom stereocenters. The van der Waals surface area contributed by atoms with E-state index in [0.717, 1.165) is 6.07 Å². The quantitative estimate of drug-likeness (QED) is 0.753. The van der Waals surface area contributed by atoms with Gasteiger partial charge in [0.1, 0.15) is 11.5 Å². The molecule has 0 fully saturated rings. The highest BCUT2D eigenvalue weighted by atomic mass is 16.4. The van der Waals surface area contributed by atoms with E-state index in [1.807, 2.05) is 0 Å². The molecular weight excluding hydrogens is 236 g/mol. The lowest BCUT2D eigenvalue weighted by Gasteiger charge is -1.98. The highest BCUT2D eigenvalue weighted by Gasteiger charge is 2.07. The van der Waals surface area contributed by atoms with Gasteiger partial charge >= 0.3 is 5.63 Å². The van der Waals surface area contributed by atoms with Crippen molar-refractivity contribution in [1.82, 2.24) is 0 Å². The van der Waals surface area contributed by atoms with E-state index in [1.165, 1.54) is 18.2 Å². The Morgan fingerprint density at radius 1 is 1.00 bits per heavy atom. The minimum atomic E-state index is -1.02. The fraction of sp³-hybridized carbons (Fsp3) is 0. The van der Waals surface area contributed by atoms with Crippen molar-refractivity contribution in [3.63, 3.8) is 0 Å². The Hall–Kier alpha value is -2.69. The first-order valence-corrected chi connectivity index (χ1v) is 5.10. The average Bonchev–Trinajstić information content (AvgIpc) is 2.35. The predicted octanol–water partition coefficient (Wildman–Crippen LogP) is 1.93. The Morgan fingerprint density at radius 3 is 2.39 bits per heavy atom. The average molecular weight is 246 g/mol. The highest BCUT2D eigenvalue weighted by Crippen LogP contribution is 2.23. The summed E-state index contributed by atoms with van der Waals surface area (Å²) in [6.45, 7) is 0. The predicted molar refractivity (Wildman–Crippen MR) is 65.3 cm³/mol. The fourth-order valence-corrected chi connectivity index (χ4v) is 1.38. The second-order valence-electron chi connectivity index (χ2n) is 3.56. The Kier molecular flexibility index (Phi) is 3.05. The zero-order valence-electron chi connectivity index (χ0n) is 9.20. The molecule has 0 saturated heterocycles. The summed E-state index contributed by atoms with van der Waals surface area (Å²) in [5, 5.41) is 27.8. The van der Waals surface area contributed by atoms with E-state index < -0.39 is 17.1 Å². The molecule has 0 amide bonds. The van der Waals surface area contributed by atoms with E-state index >= 15 is 0 Å². The van der Waals surface area contributed by atoms with Crippen LogP contribution in [0.15, 0.2) is 39.5 Å². The van der Waals surface area contributed by atoms with Crippen molar-refractivity contribution in [2.24, 2.45) is 0 Å². The van der Waals surface area contributed by atoms with Crippen LogP contribution in [0.1, 0.15) is 11.3 Å². The van der Waals surface area contributed by atoms with Crippen LogP contribution in [-0.4, -0.2) is 15.3 Å². The van der Waals surface area contributed by atoms with Crippen molar-refractivity contribution in [2.45, 2.75) is 0 Å². The van der Waals surface area contributed by atoms with Crippen LogP contribution in [0.2, 0.25) is 0 Å². The standard InChI is InChI=1S/C13H10O5/c14-10-4-2-1-3-8(10)5-6-9-7-11(15)12(16)13(17)18-9/h1-7,14-16H. The van der Waals surface area contributed by atoms with Crippen LogP contribution < -0.4 is 5.63 Å². The van der Waals surface area contributed by atoms with Gasteiger partial charge in [-0.15, -0.1) is 0 Å². The molecule has 2 rings (SSSR count). The van der Waals surface area contributed by atoms with Crippen molar-refractivity contribution in [1.29, 1.82) is 0 Å². The largest absolute Gasteiger partial charge is 0.507 e. The molecule has 0 aliphatic heterocycles. The summed E-state index contributed by atoms with van der Waals surface area (Å²) >= 11 is 0. The van der Waals surface area contributed by atoms with E-state index in [0.29, 0.717) is 5.56 Å². The smallest absolute Gasteiger partial charge is 0.382 e. The van der Waals surface area contributed by atoms with E-state index in [4.69, 9.17) is 9.52 Å². The number of benzene rings is 1. The molecule has 1 aromatic heterocycles. The Labute approximate surface area is 102 Å². The minimum Gasteiger partial charge on any atom is -0.507 e. The Bertz CT molecular complexity index is 655. The first kappa shape index (κ1) is 11.8. The fourth-order valence-electron chi connectivity index (χ4n) is 1.38. The van der Waals surface area contributed by atoms with Crippen LogP contribution in [0, 0.1) is 0 Å². The van der Waals surface area contributed by atoms with Gasteiger partial charge in [-0.1, -0.05) is 18.2 Å². The van der Waals surface area contributed by atoms with Crippen LogP contribution in [0.4, 0.5) is 0 Å².